The van der Waals surface area contributed by atoms with Crippen LogP contribution in [0.4, 0.5) is 0 Å². The van der Waals surface area contributed by atoms with E-state index in [0.717, 1.165) is 5.02 Å². The second kappa shape index (κ2) is 3.74. The zero-order valence-electron chi connectivity index (χ0n) is 6.55. The Morgan fingerprint density at radius 3 is 2.36 bits per heavy atom. The summed E-state index contributed by atoms with van der Waals surface area (Å²) in [5.41, 5.74) is 1.25. The summed E-state index contributed by atoms with van der Waals surface area (Å²) < 4.78 is 0. The highest BCUT2D eigenvalue weighted by atomic mass is 35.5. The highest BCUT2D eigenvalue weighted by molar-refractivity contribution is 6.30. The molecule has 0 aliphatic rings. The molecular formula is C9H12ClN. The van der Waals surface area contributed by atoms with Gasteiger partial charge in [0.2, 0.25) is 0 Å². The number of rotatable bonds is 2. The lowest BCUT2D eigenvalue weighted by atomic mass is 10.1. The third-order valence-electron chi connectivity index (χ3n) is 1.75. The van der Waals surface area contributed by atoms with Gasteiger partial charge < -0.3 is 5.32 Å². The van der Waals surface area contributed by atoms with Crippen molar-refractivity contribution >= 4 is 11.6 Å². The molecule has 1 atom stereocenters. The SMILES string of the molecule is [CH2-][NH2+]C(C)c1ccc(Cl)cc1. The van der Waals surface area contributed by atoms with Crippen LogP contribution in [0.1, 0.15) is 18.5 Å². The maximum absolute atomic E-state index is 5.73. The zero-order valence-corrected chi connectivity index (χ0v) is 7.31. The van der Waals surface area contributed by atoms with Crippen molar-refractivity contribution in [2.75, 3.05) is 0 Å². The Bertz CT molecular complexity index is 218. The van der Waals surface area contributed by atoms with Crippen molar-refractivity contribution in [2.24, 2.45) is 0 Å². The number of quaternary nitrogens is 1. The van der Waals surface area contributed by atoms with E-state index in [2.05, 4.69) is 14.0 Å². The molecule has 1 unspecified atom stereocenters. The summed E-state index contributed by atoms with van der Waals surface area (Å²) in [7, 11) is 3.73. The van der Waals surface area contributed by atoms with Crippen molar-refractivity contribution in [1.82, 2.24) is 0 Å². The number of benzene rings is 1. The molecule has 0 saturated heterocycles. The molecular weight excluding hydrogens is 158 g/mol. The molecule has 0 saturated carbocycles. The highest BCUT2D eigenvalue weighted by Gasteiger charge is 2.01. The van der Waals surface area contributed by atoms with Crippen LogP contribution in [0.25, 0.3) is 0 Å². The van der Waals surface area contributed by atoms with E-state index < -0.39 is 0 Å². The third kappa shape index (κ3) is 2.21. The maximum atomic E-state index is 5.73. The van der Waals surface area contributed by atoms with Crippen molar-refractivity contribution in [3.05, 3.63) is 41.9 Å². The van der Waals surface area contributed by atoms with Crippen molar-refractivity contribution in [1.29, 1.82) is 0 Å². The molecule has 1 aromatic rings. The Hall–Kier alpha value is -0.530. The Morgan fingerprint density at radius 2 is 1.91 bits per heavy atom. The molecule has 0 fully saturated rings. The largest absolute Gasteiger partial charge is 0.473 e. The lowest BCUT2D eigenvalue weighted by molar-refractivity contribution is -0.637. The fraction of sp³-hybridized carbons (Fsp3) is 0.222. The average molecular weight is 170 g/mol. The van der Waals surface area contributed by atoms with Crippen LogP contribution in [0.3, 0.4) is 0 Å². The smallest absolute Gasteiger partial charge is 0.0848 e. The number of hydrogen-bond donors (Lipinski definition) is 1. The molecule has 2 heteroatoms. The van der Waals surface area contributed by atoms with Crippen molar-refractivity contribution in [2.45, 2.75) is 13.0 Å². The van der Waals surface area contributed by atoms with Crippen molar-refractivity contribution in [3.63, 3.8) is 0 Å². The van der Waals surface area contributed by atoms with E-state index in [1.165, 1.54) is 5.56 Å². The Kier molecular flexibility index (Phi) is 2.92. The predicted molar refractivity (Wildman–Crippen MR) is 47.1 cm³/mol. The van der Waals surface area contributed by atoms with Crippen LogP contribution in [0, 0.1) is 7.05 Å². The van der Waals surface area contributed by atoms with E-state index in [1.54, 1.807) is 0 Å². The van der Waals surface area contributed by atoms with E-state index in [9.17, 15) is 0 Å². The van der Waals surface area contributed by atoms with E-state index >= 15 is 0 Å². The number of hydrogen-bond acceptors (Lipinski definition) is 0. The van der Waals surface area contributed by atoms with Gasteiger partial charge in [-0.2, -0.15) is 7.05 Å². The summed E-state index contributed by atoms with van der Waals surface area (Å²) in [5.74, 6) is 0. The van der Waals surface area contributed by atoms with Crippen LogP contribution in [-0.2, 0) is 0 Å². The fourth-order valence-electron chi connectivity index (χ4n) is 0.902. The molecule has 60 valence electrons. The van der Waals surface area contributed by atoms with Crippen LogP contribution in [0.5, 0.6) is 0 Å². The Balaban J connectivity index is 2.81. The van der Waals surface area contributed by atoms with Crippen LogP contribution in [-0.4, -0.2) is 0 Å². The molecule has 1 aromatic carbocycles. The summed E-state index contributed by atoms with van der Waals surface area (Å²) in [6.07, 6.45) is 0. The summed E-state index contributed by atoms with van der Waals surface area (Å²) in [4.78, 5) is 0. The third-order valence-corrected chi connectivity index (χ3v) is 2.00. The van der Waals surface area contributed by atoms with E-state index in [1.807, 2.05) is 29.6 Å². The lowest BCUT2D eigenvalue weighted by Gasteiger charge is -2.10. The number of nitrogens with two attached hydrogens (primary N) is 1. The molecule has 0 aromatic heterocycles. The Labute approximate surface area is 72.4 Å². The van der Waals surface area contributed by atoms with Crippen molar-refractivity contribution < 1.29 is 5.32 Å². The lowest BCUT2D eigenvalue weighted by Crippen LogP contribution is -2.77. The second-order valence-corrected chi connectivity index (χ2v) is 3.01. The minimum atomic E-state index is 0.410. The van der Waals surface area contributed by atoms with Crippen LogP contribution in [0.2, 0.25) is 5.02 Å². The quantitative estimate of drug-likeness (QED) is 0.650. The van der Waals surface area contributed by atoms with Gasteiger partial charge in [-0.1, -0.05) is 23.7 Å². The van der Waals surface area contributed by atoms with Gasteiger partial charge in [-0.25, -0.2) is 0 Å². The Morgan fingerprint density at radius 1 is 1.36 bits per heavy atom. The summed E-state index contributed by atoms with van der Waals surface area (Å²) >= 11 is 5.73. The molecule has 0 aliphatic carbocycles. The minimum absolute atomic E-state index is 0.410. The normalized spacial score (nSPS) is 13.0. The topological polar surface area (TPSA) is 16.6 Å². The van der Waals surface area contributed by atoms with Gasteiger partial charge >= 0.3 is 0 Å². The van der Waals surface area contributed by atoms with Gasteiger partial charge in [0.25, 0.3) is 0 Å². The van der Waals surface area contributed by atoms with Crippen LogP contribution >= 0.6 is 11.6 Å². The molecule has 2 N–H and O–H groups in total. The summed E-state index contributed by atoms with van der Waals surface area (Å²) in [6, 6.07) is 8.25. The summed E-state index contributed by atoms with van der Waals surface area (Å²) in [5, 5.41) is 2.70. The van der Waals surface area contributed by atoms with Gasteiger partial charge in [-0.05, 0) is 19.1 Å². The van der Waals surface area contributed by atoms with Gasteiger partial charge in [0.1, 0.15) is 0 Å². The molecule has 0 aliphatic heterocycles. The first kappa shape index (κ1) is 8.57. The molecule has 0 bridgehead atoms. The standard InChI is InChI=1S/C9H12ClN/c1-7(11-2)8-3-5-9(10)6-4-8/h3-7H,2,11H2,1H3. The van der Waals surface area contributed by atoms with Crippen LogP contribution in [0.15, 0.2) is 24.3 Å². The highest BCUT2D eigenvalue weighted by Crippen LogP contribution is 2.12. The molecule has 0 radical (unpaired) electrons. The first-order chi connectivity index (χ1) is 5.24. The van der Waals surface area contributed by atoms with Gasteiger partial charge in [-0.15, -0.1) is 0 Å². The van der Waals surface area contributed by atoms with Gasteiger partial charge in [-0.3, -0.25) is 0 Å². The molecule has 1 rings (SSSR count). The molecule has 0 amide bonds. The van der Waals surface area contributed by atoms with Gasteiger partial charge in [0, 0.05) is 10.6 Å². The van der Waals surface area contributed by atoms with Crippen molar-refractivity contribution in [3.8, 4) is 0 Å². The zero-order chi connectivity index (χ0) is 8.27. The molecule has 1 nitrogen and oxygen atoms in total. The van der Waals surface area contributed by atoms with Gasteiger partial charge in [0.05, 0.1) is 6.04 Å². The van der Waals surface area contributed by atoms with Crippen LogP contribution < -0.4 is 5.32 Å². The monoisotopic (exact) mass is 169 g/mol. The maximum Gasteiger partial charge on any atom is 0.0848 e. The predicted octanol–water partition coefficient (Wildman–Crippen LogP) is 1.76. The summed E-state index contributed by atoms with van der Waals surface area (Å²) in [6.45, 7) is 2.11. The molecule has 0 spiro atoms. The molecule has 0 heterocycles. The number of halogens is 1. The fourth-order valence-corrected chi connectivity index (χ4v) is 1.03. The van der Waals surface area contributed by atoms with E-state index in [-0.39, 0.29) is 0 Å². The first-order valence-electron chi connectivity index (χ1n) is 3.62. The molecule has 11 heavy (non-hydrogen) atoms. The van der Waals surface area contributed by atoms with E-state index in [0.29, 0.717) is 6.04 Å². The van der Waals surface area contributed by atoms with E-state index in [4.69, 9.17) is 11.6 Å². The minimum Gasteiger partial charge on any atom is -0.473 e. The average Bonchev–Trinajstić information content (AvgIpc) is 2.05. The first-order valence-corrected chi connectivity index (χ1v) is 4.00. The van der Waals surface area contributed by atoms with Gasteiger partial charge in [0.15, 0.2) is 0 Å². The second-order valence-electron chi connectivity index (χ2n) is 2.58.